The first-order chi connectivity index (χ1) is 8.03. The molecule has 17 heavy (non-hydrogen) atoms. The van der Waals surface area contributed by atoms with E-state index in [0.717, 1.165) is 8.87 Å². The fraction of sp³-hybridized carbons (Fsp3) is 0.833. The normalized spacial score (nSPS) is 11.1. The van der Waals surface area contributed by atoms with Crippen LogP contribution >= 0.6 is 0 Å². The van der Waals surface area contributed by atoms with Gasteiger partial charge in [-0.2, -0.15) is 0 Å². The van der Waals surface area contributed by atoms with Gasteiger partial charge in [-0.25, -0.2) is 0 Å². The van der Waals surface area contributed by atoms with Crippen molar-refractivity contribution in [2.45, 2.75) is 44.4 Å². The Morgan fingerprint density at radius 1 is 0.882 bits per heavy atom. The summed E-state index contributed by atoms with van der Waals surface area (Å²) in [5, 5.41) is 0. The molecule has 0 aliphatic rings. The third kappa shape index (κ3) is 6.29. The molecule has 0 amide bonds. The Morgan fingerprint density at radius 2 is 1.24 bits per heavy atom. The average Bonchev–Trinajstić information content (AvgIpc) is 2.38. The molecule has 0 heterocycles. The molecule has 0 N–H and O–H groups in total. The zero-order valence-corrected chi connectivity index (χ0v) is 14.2. The Bertz CT molecular complexity index is 227. The number of carbonyl (C=O) groups is 2. The van der Waals surface area contributed by atoms with Crippen LogP contribution in [0, 0.1) is 0 Å². The molecule has 0 radical (unpaired) electrons. The van der Waals surface area contributed by atoms with Crippen LogP contribution in [0.1, 0.15) is 26.7 Å². The zero-order chi connectivity index (χ0) is 13.3. The van der Waals surface area contributed by atoms with E-state index < -0.39 is 18.4 Å². The fourth-order valence-electron chi connectivity index (χ4n) is 2.02. The number of rotatable bonds is 8. The average molecular weight is 351 g/mol. The Morgan fingerprint density at radius 3 is 1.47 bits per heavy atom. The van der Waals surface area contributed by atoms with Crippen LogP contribution in [0.5, 0.6) is 0 Å². The maximum absolute atomic E-state index is 11.2. The van der Waals surface area contributed by atoms with E-state index in [4.69, 9.17) is 0 Å². The summed E-state index contributed by atoms with van der Waals surface area (Å²) >= 11 is -2.30. The molecule has 0 aliphatic carbocycles. The number of hydrogen-bond acceptors (Lipinski definition) is 4. The standard InChI is InChI=1S/2C4H7O2.2C2H5.Sn/c2*1-3-4(5)6-2;2*1-2;/h2*1,3H2,2H3;2*1H2,2H3;. The summed E-state index contributed by atoms with van der Waals surface area (Å²) in [4.78, 5) is 22.4. The fourth-order valence-corrected chi connectivity index (χ4v) is 12.4. The van der Waals surface area contributed by atoms with E-state index in [1.165, 1.54) is 23.1 Å². The molecule has 0 atom stereocenters. The minimum atomic E-state index is -2.30. The molecule has 0 unspecified atom stereocenters. The van der Waals surface area contributed by atoms with Crippen LogP contribution in [0.2, 0.25) is 17.7 Å². The SMILES string of the molecule is C[CH2][Sn]([CH2]C)([CH2]CC(=O)OC)[CH2]CC(=O)OC. The number of esters is 2. The molecule has 0 spiro atoms. The van der Waals surface area contributed by atoms with E-state index in [2.05, 4.69) is 23.3 Å². The van der Waals surface area contributed by atoms with Crippen LogP contribution in [0.25, 0.3) is 0 Å². The second-order valence-electron chi connectivity index (χ2n) is 4.36. The van der Waals surface area contributed by atoms with Crippen molar-refractivity contribution < 1.29 is 19.1 Å². The van der Waals surface area contributed by atoms with E-state index in [9.17, 15) is 9.59 Å². The molecule has 0 saturated heterocycles. The molecule has 0 fully saturated rings. The molecule has 0 aliphatic heterocycles. The molecule has 0 aromatic carbocycles. The molecular formula is C12H24O4Sn. The summed E-state index contributed by atoms with van der Waals surface area (Å²) in [6, 6.07) is 0. The van der Waals surface area contributed by atoms with Crippen molar-refractivity contribution in [3.05, 3.63) is 0 Å². The molecular weight excluding hydrogens is 327 g/mol. The van der Waals surface area contributed by atoms with E-state index in [1.54, 1.807) is 0 Å². The number of ether oxygens (including phenoxy) is 2. The summed E-state index contributed by atoms with van der Waals surface area (Å²) < 4.78 is 13.7. The Kier molecular flexibility index (Phi) is 8.64. The molecule has 0 aromatic rings. The minimum absolute atomic E-state index is 0.133. The van der Waals surface area contributed by atoms with Gasteiger partial charge in [-0.1, -0.05) is 0 Å². The predicted molar refractivity (Wildman–Crippen MR) is 69.6 cm³/mol. The molecule has 0 rings (SSSR count). The van der Waals surface area contributed by atoms with E-state index in [1.807, 2.05) is 0 Å². The second-order valence-corrected chi connectivity index (χ2v) is 19.8. The van der Waals surface area contributed by atoms with Crippen LogP contribution in [-0.4, -0.2) is 44.5 Å². The van der Waals surface area contributed by atoms with Gasteiger partial charge >= 0.3 is 108 Å². The second kappa shape index (κ2) is 8.78. The molecule has 0 bridgehead atoms. The zero-order valence-electron chi connectivity index (χ0n) is 11.4. The van der Waals surface area contributed by atoms with Crippen molar-refractivity contribution >= 4 is 30.3 Å². The van der Waals surface area contributed by atoms with Gasteiger partial charge < -0.3 is 0 Å². The Balaban J connectivity index is 4.34. The first-order valence-electron chi connectivity index (χ1n) is 6.17. The van der Waals surface area contributed by atoms with Gasteiger partial charge in [-0.05, 0) is 0 Å². The first kappa shape index (κ1) is 16.7. The van der Waals surface area contributed by atoms with E-state index in [-0.39, 0.29) is 11.9 Å². The van der Waals surface area contributed by atoms with Crippen molar-refractivity contribution in [2.24, 2.45) is 0 Å². The molecule has 0 saturated carbocycles. The summed E-state index contributed by atoms with van der Waals surface area (Å²) in [7, 11) is 2.84. The molecule has 100 valence electrons. The van der Waals surface area contributed by atoms with Crippen molar-refractivity contribution in [3.8, 4) is 0 Å². The maximum atomic E-state index is 11.2. The van der Waals surface area contributed by atoms with Crippen LogP contribution in [-0.2, 0) is 19.1 Å². The van der Waals surface area contributed by atoms with Crippen LogP contribution in [0.15, 0.2) is 0 Å². The Hall–Kier alpha value is -0.261. The molecule has 5 heteroatoms. The van der Waals surface area contributed by atoms with Gasteiger partial charge in [-0.3, -0.25) is 0 Å². The summed E-state index contributed by atoms with van der Waals surface area (Å²) in [6.07, 6.45) is 1.02. The van der Waals surface area contributed by atoms with Gasteiger partial charge in [0.05, 0.1) is 0 Å². The van der Waals surface area contributed by atoms with Crippen LogP contribution in [0.3, 0.4) is 0 Å². The van der Waals surface area contributed by atoms with E-state index >= 15 is 0 Å². The first-order valence-corrected chi connectivity index (χ1v) is 14.2. The number of hydrogen-bond donors (Lipinski definition) is 0. The third-order valence-electron chi connectivity index (χ3n) is 3.67. The van der Waals surface area contributed by atoms with Crippen molar-refractivity contribution in [1.29, 1.82) is 0 Å². The quantitative estimate of drug-likeness (QED) is 0.498. The number of methoxy groups -OCH3 is 2. The van der Waals surface area contributed by atoms with Gasteiger partial charge in [0.15, 0.2) is 0 Å². The summed E-state index contributed by atoms with van der Waals surface area (Å²) in [5.74, 6) is -0.267. The van der Waals surface area contributed by atoms with Crippen LogP contribution in [0.4, 0.5) is 0 Å². The van der Waals surface area contributed by atoms with Gasteiger partial charge in [0, 0.05) is 0 Å². The van der Waals surface area contributed by atoms with Gasteiger partial charge in [0.2, 0.25) is 0 Å². The van der Waals surface area contributed by atoms with Crippen molar-refractivity contribution in [1.82, 2.24) is 0 Å². The monoisotopic (exact) mass is 352 g/mol. The van der Waals surface area contributed by atoms with Gasteiger partial charge in [-0.15, -0.1) is 0 Å². The molecule has 0 aromatic heterocycles. The topological polar surface area (TPSA) is 52.6 Å². The van der Waals surface area contributed by atoms with Gasteiger partial charge in [0.25, 0.3) is 0 Å². The summed E-state index contributed by atoms with van der Waals surface area (Å²) in [5.41, 5.74) is 0. The summed E-state index contributed by atoms with van der Waals surface area (Å²) in [6.45, 7) is 4.38. The predicted octanol–water partition coefficient (Wildman–Crippen LogP) is 2.60. The van der Waals surface area contributed by atoms with E-state index in [0.29, 0.717) is 12.8 Å². The van der Waals surface area contributed by atoms with Crippen LogP contribution < -0.4 is 0 Å². The number of carbonyl (C=O) groups excluding carboxylic acids is 2. The van der Waals surface area contributed by atoms with Crippen molar-refractivity contribution in [2.75, 3.05) is 14.2 Å². The van der Waals surface area contributed by atoms with Crippen molar-refractivity contribution in [3.63, 3.8) is 0 Å². The molecule has 4 nitrogen and oxygen atoms in total. The Labute approximate surface area is 108 Å². The van der Waals surface area contributed by atoms with Gasteiger partial charge in [0.1, 0.15) is 0 Å². The third-order valence-corrected chi connectivity index (χ3v) is 19.7.